The third-order valence-corrected chi connectivity index (χ3v) is 9.68. The van der Waals surface area contributed by atoms with E-state index in [1.54, 1.807) is 24.3 Å². The maximum absolute atomic E-state index is 13.2. The highest BCUT2D eigenvalue weighted by Crippen LogP contribution is 2.27. The fraction of sp³-hybridized carbons (Fsp3) is 0.269. The Hall–Kier alpha value is -3.12. The molecular weight excluding hydrogens is 550 g/mol. The van der Waals surface area contributed by atoms with E-state index in [1.807, 2.05) is 0 Å². The average molecular weight is 578 g/mol. The summed E-state index contributed by atoms with van der Waals surface area (Å²) in [5.74, 6) is -0.381. The number of carbonyl (C=O) groups is 1. The summed E-state index contributed by atoms with van der Waals surface area (Å²) in [5.41, 5.74) is 0.724. The molecule has 38 heavy (non-hydrogen) atoms. The van der Waals surface area contributed by atoms with Gasteiger partial charge in [-0.05, 0) is 79.6 Å². The van der Waals surface area contributed by atoms with E-state index in [0.717, 1.165) is 25.7 Å². The Morgan fingerprint density at radius 3 is 2.00 bits per heavy atom. The summed E-state index contributed by atoms with van der Waals surface area (Å²) in [6, 6.07) is 16.0. The van der Waals surface area contributed by atoms with Crippen LogP contribution in [0.5, 0.6) is 5.75 Å². The lowest BCUT2D eigenvalue weighted by molar-refractivity contribution is 0.102. The van der Waals surface area contributed by atoms with Crippen molar-refractivity contribution in [1.29, 1.82) is 0 Å². The van der Waals surface area contributed by atoms with Crippen molar-refractivity contribution < 1.29 is 26.4 Å². The largest absolute Gasteiger partial charge is 0.496 e. The summed E-state index contributed by atoms with van der Waals surface area (Å²) in [4.78, 5) is 13.1. The third kappa shape index (κ3) is 6.47. The molecule has 0 unspecified atom stereocenters. The van der Waals surface area contributed by atoms with Crippen LogP contribution in [-0.2, 0) is 20.0 Å². The summed E-state index contributed by atoms with van der Waals surface area (Å²) in [5, 5.41) is 3.16. The van der Waals surface area contributed by atoms with Crippen LogP contribution in [0.25, 0.3) is 0 Å². The van der Waals surface area contributed by atoms with Gasteiger partial charge in [0.15, 0.2) is 0 Å². The fourth-order valence-electron chi connectivity index (χ4n) is 4.10. The second kappa shape index (κ2) is 11.7. The molecule has 4 rings (SSSR count). The molecule has 1 saturated heterocycles. The van der Waals surface area contributed by atoms with Gasteiger partial charge in [-0.15, -0.1) is 0 Å². The predicted molar refractivity (Wildman–Crippen MR) is 147 cm³/mol. The second-order valence-corrected chi connectivity index (χ2v) is 12.8. The van der Waals surface area contributed by atoms with Crippen molar-refractivity contribution in [3.8, 4) is 5.75 Å². The summed E-state index contributed by atoms with van der Waals surface area (Å²) < 4.78 is 61.1. The topological polar surface area (TPSA) is 122 Å². The molecule has 9 nitrogen and oxygen atoms in total. The van der Waals surface area contributed by atoms with Gasteiger partial charge in [0, 0.05) is 29.5 Å². The Morgan fingerprint density at radius 1 is 0.816 bits per heavy atom. The smallest absolute Gasteiger partial charge is 0.261 e. The van der Waals surface area contributed by atoms with E-state index in [0.29, 0.717) is 29.5 Å². The Bertz CT molecular complexity index is 1500. The molecule has 1 fully saturated rings. The van der Waals surface area contributed by atoms with Crippen molar-refractivity contribution in [3.63, 3.8) is 0 Å². The molecule has 1 heterocycles. The molecule has 0 saturated carbocycles. The number of rotatable bonds is 8. The SMILES string of the molecule is COc1ccc(S(=O)(=O)N2CCCCCC2)cc1C(=O)Nc1ccc(S(=O)(=O)Nc2ccc(Cl)cc2)cc1. The standard InChI is InChI=1S/C26H28ClN3O6S2/c1-36-25-15-14-23(38(34,35)30-16-4-2-3-5-17-30)18-24(25)26(31)28-20-10-12-22(13-11-20)37(32,33)29-21-8-6-19(27)7-9-21/h6-15,18,29H,2-5,16-17H2,1H3,(H,28,31). The van der Waals surface area contributed by atoms with Crippen LogP contribution in [0.2, 0.25) is 5.02 Å². The number of amides is 1. The molecule has 1 amide bonds. The lowest BCUT2D eigenvalue weighted by Gasteiger charge is -2.20. The molecular formula is C26H28ClN3O6S2. The van der Waals surface area contributed by atoms with Crippen molar-refractivity contribution >= 4 is 48.9 Å². The first-order valence-corrected chi connectivity index (χ1v) is 15.3. The zero-order valence-electron chi connectivity index (χ0n) is 20.7. The normalized spacial score (nSPS) is 14.9. The molecule has 202 valence electrons. The molecule has 0 aromatic heterocycles. The van der Waals surface area contributed by atoms with Gasteiger partial charge in [-0.2, -0.15) is 4.31 Å². The summed E-state index contributed by atoms with van der Waals surface area (Å²) in [7, 11) is -6.25. The van der Waals surface area contributed by atoms with Crippen LogP contribution < -0.4 is 14.8 Å². The number of halogens is 1. The van der Waals surface area contributed by atoms with E-state index in [-0.39, 0.29) is 21.1 Å². The lowest BCUT2D eigenvalue weighted by atomic mass is 10.2. The predicted octanol–water partition coefficient (Wildman–Crippen LogP) is 4.97. The van der Waals surface area contributed by atoms with Gasteiger partial charge in [0.1, 0.15) is 5.75 Å². The molecule has 0 aliphatic carbocycles. The monoisotopic (exact) mass is 577 g/mol. The quantitative estimate of drug-likeness (QED) is 0.390. The van der Waals surface area contributed by atoms with Crippen molar-refractivity contribution in [2.75, 3.05) is 30.2 Å². The number of anilines is 2. The van der Waals surface area contributed by atoms with Crippen molar-refractivity contribution in [2.45, 2.75) is 35.5 Å². The number of sulfonamides is 2. The number of ether oxygens (including phenoxy) is 1. The first-order valence-electron chi connectivity index (χ1n) is 12.0. The molecule has 3 aromatic carbocycles. The zero-order valence-corrected chi connectivity index (χ0v) is 23.1. The molecule has 0 spiro atoms. The molecule has 2 N–H and O–H groups in total. The molecule has 0 bridgehead atoms. The van der Waals surface area contributed by atoms with E-state index in [1.165, 1.54) is 53.9 Å². The zero-order chi connectivity index (χ0) is 27.3. The van der Waals surface area contributed by atoms with E-state index in [2.05, 4.69) is 10.0 Å². The number of carbonyl (C=O) groups excluding carboxylic acids is 1. The average Bonchev–Trinajstić information content (AvgIpc) is 3.20. The Labute approximate surface area is 227 Å². The Balaban J connectivity index is 1.52. The van der Waals surface area contributed by atoms with Crippen LogP contribution in [0.1, 0.15) is 36.0 Å². The van der Waals surface area contributed by atoms with E-state index in [4.69, 9.17) is 16.3 Å². The third-order valence-electron chi connectivity index (χ3n) is 6.14. The maximum Gasteiger partial charge on any atom is 0.261 e. The van der Waals surface area contributed by atoms with Crippen LogP contribution in [0.3, 0.4) is 0 Å². The minimum absolute atomic E-state index is 0.00595. The number of nitrogens with one attached hydrogen (secondary N) is 2. The van der Waals surface area contributed by atoms with Crippen LogP contribution in [0, 0.1) is 0 Å². The minimum atomic E-state index is -3.87. The number of methoxy groups -OCH3 is 1. The van der Waals surface area contributed by atoms with E-state index >= 15 is 0 Å². The van der Waals surface area contributed by atoms with Crippen molar-refractivity contribution in [3.05, 3.63) is 77.3 Å². The van der Waals surface area contributed by atoms with Gasteiger partial charge in [-0.3, -0.25) is 9.52 Å². The first-order chi connectivity index (χ1) is 18.1. The van der Waals surface area contributed by atoms with Gasteiger partial charge in [0.05, 0.1) is 22.5 Å². The van der Waals surface area contributed by atoms with Gasteiger partial charge >= 0.3 is 0 Å². The highest BCUT2D eigenvalue weighted by atomic mass is 35.5. The minimum Gasteiger partial charge on any atom is -0.496 e. The summed E-state index contributed by atoms with van der Waals surface area (Å²) in [6.07, 6.45) is 3.56. The van der Waals surface area contributed by atoms with E-state index < -0.39 is 26.0 Å². The fourth-order valence-corrected chi connectivity index (χ4v) is 6.83. The number of benzene rings is 3. The van der Waals surface area contributed by atoms with Crippen LogP contribution >= 0.6 is 11.6 Å². The summed E-state index contributed by atoms with van der Waals surface area (Å²) >= 11 is 5.84. The molecule has 1 aliphatic heterocycles. The highest BCUT2D eigenvalue weighted by Gasteiger charge is 2.27. The first kappa shape index (κ1) is 27.9. The molecule has 0 radical (unpaired) electrons. The molecule has 3 aromatic rings. The van der Waals surface area contributed by atoms with E-state index in [9.17, 15) is 21.6 Å². The summed E-state index contributed by atoms with van der Waals surface area (Å²) in [6.45, 7) is 0.885. The highest BCUT2D eigenvalue weighted by molar-refractivity contribution is 7.92. The molecule has 0 atom stereocenters. The van der Waals surface area contributed by atoms with Crippen LogP contribution in [-0.4, -0.2) is 47.2 Å². The van der Waals surface area contributed by atoms with Crippen molar-refractivity contribution in [1.82, 2.24) is 4.31 Å². The van der Waals surface area contributed by atoms with Crippen LogP contribution in [0.4, 0.5) is 11.4 Å². The Morgan fingerprint density at radius 2 is 1.39 bits per heavy atom. The second-order valence-electron chi connectivity index (χ2n) is 8.77. The lowest BCUT2D eigenvalue weighted by Crippen LogP contribution is -2.32. The molecule has 12 heteroatoms. The van der Waals surface area contributed by atoms with Crippen LogP contribution in [0.15, 0.2) is 76.5 Å². The van der Waals surface area contributed by atoms with Crippen molar-refractivity contribution in [2.24, 2.45) is 0 Å². The van der Waals surface area contributed by atoms with Gasteiger partial charge in [-0.1, -0.05) is 24.4 Å². The van der Waals surface area contributed by atoms with Gasteiger partial charge in [0.25, 0.3) is 15.9 Å². The number of hydrogen-bond donors (Lipinski definition) is 2. The van der Waals surface area contributed by atoms with Gasteiger partial charge < -0.3 is 10.1 Å². The maximum atomic E-state index is 13.2. The molecule has 1 aliphatic rings. The van der Waals surface area contributed by atoms with Gasteiger partial charge in [-0.25, -0.2) is 16.8 Å². The number of hydrogen-bond acceptors (Lipinski definition) is 6. The van der Waals surface area contributed by atoms with Gasteiger partial charge in [0.2, 0.25) is 10.0 Å². The number of nitrogens with zero attached hydrogens (tertiary/aromatic N) is 1. The Kier molecular flexibility index (Phi) is 8.61.